The molecule has 1 aromatic carbocycles. The van der Waals surface area contributed by atoms with E-state index in [1.165, 1.54) is 5.56 Å². The van der Waals surface area contributed by atoms with Gasteiger partial charge in [0.1, 0.15) is 5.75 Å². The van der Waals surface area contributed by atoms with Crippen molar-refractivity contribution in [3.8, 4) is 5.75 Å². The zero-order valence-electron chi connectivity index (χ0n) is 9.54. The molecule has 86 valence electrons. The Labute approximate surface area is 95.0 Å². The van der Waals surface area contributed by atoms with E-state index in [2.05, 4.69) is 17.6 Å². The number of amides is 1. The average molecular weight is 220 g/mol. The zero-order chi connectivity index (χ0) is 11.5. The molecule has 16 heavy (non-hydrogen) atoms. The predicted molar refractivity (Wildman–Crippen MR) is 62.9 cm³/mol. The highest BCUT2D eigenvalue weighted by Crippen LogP contribution is 2.30. The maximum Gasteiger partial charge on any atom is 0.262 e. The van der Waals surface area contributed by atoms with Crippen molar-refractivity contribution in [2.24, 2.45) is 0 Å². The van der Waals surface area contributed by atoms with Gasteiger partial charge in [-0.05, 0) is 30.7 Å². The summed E-state index contributed by atoms with van der Waals surface area (Å²) in [5.41, 5.74) is 1.97. The average Bonchev–Trinajstić information content (AvgIpc) is 2.28. The lowest BCUT2D eigenvalue weighted by Gasteiger charge is -2.20. The summed E-state index contributed by atoms with van der Waals surface area (Å²) in [6.45, 7) is 3.16. The van der Waals surface area contributed by atoms with E-state index in [1.54, 1.807) is 0 Å². The van der Waals surface area contributed by atoms with Crippen molar-refractivity contribution in [2.75, 3.05) is 25.5 Å². The van der Waals surface area contributed by atoms with Gasteiger partial charge in [-0.2, -0.15) is 0 Å². The van der Waals surface area contributed by atoms with Gasteiger partial charge in [0, 0.05) is 6.54 Å². The summed E-state index contributed by atoms with van der Waals surface area (Å²) in [6, 6.07) is 5.93. The van der Waals surface area contributed by atoms with Crippen LogP contribution in [0.3, 0.4) is 0 Å². The molecule has 1 aromatic rings. The minimum atomic E-state index is -0.0917. The van der Waals surface area contributed by atoms with Crippen molar-refractivity contribution in [1.29, 1.82) is 0 Å². The standard InChI is InChI=1S/C12H16N2O2/c1-8(6-13-2)9-3-4-11-10(5-9)14-12(15)7-16-11/h3-5,8,13H,6-7H2,1-2H3,(H,14,15). The molecule has 0 radical (unpaired) electrons. The Kier molecular flexibility index (Phi) is 3.10. The van der Waals surface area contributed by atoms with Crippen LogP contribution in [0.4, 0.5) is 5.69 Å². The number of carbonyl (C=O) groups excluding carboxylic acids is 1. The van der Waals surface area contributed by atoms with Crippen molar-refractivity contribution in [3.63, 3.8) is 0 Å². The molecule has 0 aromatic heterocycles. The Bertz CT molecular complexity index is 404. The lowest BCUT2D eigenvalue weighted by Crippen LogP contribution is -2.25. The number of ether oxygens (including phenoxy) is 1. The third-order valence-electron chi connectivity index (χ3n) is 2.72. The second-order valence-electron chi connectivity index (χ2n) is 4.05. The SMILES string of the molecule is CNCC(C)c1ccc2c(c1)NC(=O)CO2. The lowest BCUT2D eigenvalue weighted by atomic mass is 10.00. The van der Waals surface area contributed by atoms with Crippen LogP contribution in [0.25, 0.3) is 0 Å². The van der Waals surface area contributed by atoms with Crippen molar-refractivity contribution in [3.05, 3.63) is 23.8 Å². The Balaban J connectivity index is 2.24. The van der Waals surface area contributed by atoms with Gasteiger partial charge in [-0.25, -0.2) is 0 Å². The third-order valence-corrected chi connectivity index (χ3v) is 2.72. The number of fused-ring (bicyclic) bond motifs is 1. The molecular formula is C12H16N2O2. The van der Waals surface area contributed by atoms with Crippen molar-refractivity contribution < 1.29 is 9.53 Å². The summed E-state index contributed by atoms with van der Waals surface area (Å²) >= 11 is 0. The largest absolute Gasteiger partial charge is 0.482 e. The summed E-state index contributed by atoms with van der Waals surface area (Å²) in [7, 11) is 1.93. The molecular weight excluding hydrogens is 204 g/mol. The van der Waals surface area contributed by atoms with Gasteiger partial charge in [0.2, 0.25) is 0 Å². The van der Waals surface area contributed by atoms with Crippen LogP contribution in [-0.2, 0) is 4.79 Å². The van der Waals surface area contributed by atoms with Crippen LogP contribution in [0.1, 0.15) is 18.4 Å². The van der Waals surface area contributed by atoms with Gasteiger partial charge in [0.25, 0.3) is 5.91 Å². The normalized spacial score (nSPS) is 16.0. The maximum atomic E-state index is 11.2. The molecule has 0 bridgehead atoms. The quantitative estimate of drug-likeness (QED) is 0.808. The first-order valence-corrected chi connectivity index (χ1v) is 5.42. The number of rotatable bonds is 3. The number of anilines is 1. The van der Waals surface area contributed by atoms with E-state index in [1.807, 2.05) is 25.2 Å². The fourth-order valence-electron chi connectivity index (χ4n) is 1.83. The van der Waals surface area contributed by atoms with Gasteiger partial charge in [-0.3, -0.25) is 4.79 Å². The highest BCUT2D eigenvalue weighted by molar-refractivity contribution is 5.95. The molecule has 0 fully saturated rings. The highest BCUT2D eigenvalue weighted by Gasteiger charge is 2.17. The van der Waals surface area contributed by atoms with Crippen LogP contribution >= 0.6 is 0 Å². The van der Waals surface area contributed by atoms with Gasteiger partial charge in [0.15, 0.2) is 6.61 Å². The van der Waals surface area contributed by atoms with Crippen LogP contribution in [-0.4, -0.2) is 26.1 Å². The van der Waals surface area contributed by atoms with E-state index in [0.717, 1.165) is 18.0 Å². The van der Waals surface area contributed by atoms with Crippen LogP contribution in [0, 0.1) is 0 Å². The number of benzene rings is 1. The third kappa shape index (κ3) is 2.17. The van der Waals surface area contributed by atoms with E-state index in [-0.39, 0.29) is 12.5 Å². The Hall–Kier alpha value is -1.55. The van der Waals surface area contributed by atoms with E-state index < -0.39 is 0 Å². The van der Waals surface area contributed by atoms with Crippen molar-refractivity contribution in [2.45, 2.75) is 12.8 Å². The number of carbonyl (C=O) groups is 1. The molecule has 0 aliphatic carbocycles. The van der Waals surface area contributed by atoms with Crippen molar-refractivity contribution >= 4 is 11.6 Å². The van der Waals surface area contributed by atoms with Gasteiger partial charge in [0.05, 0.1) is 5.69 Å². The number of nitrogens with one attached hydrogen (secondary N) is 2. The molecule has 0 saturated heterocycles. The zero-order valence-corrected chi connectivity index (χ0v) is 9.54. The first-order chi connectivity index (χ1) is 7.70. The Morgan fingerprint density at radius 3 is 3.12 bits per heavy atom. The first-order valence-electron chi connectivity index (χ1n) is 5.42. The summed E-state index contributed by atoms with van der Waals surface area (Å²) in [5.74, 6) is 1.07. The maximum absolute atomic E-state index is 11.2. The number of hydrogen-bond acceptors (Lipinski definition) is 3. The van der Waals surface area contributed by atoms with E-state index in [9.17, 15) is 4.79 Å². The van der Waals surface area contributed by atoms with Gasteiger partial charge in [-0.1, -0.05) is 13.0 Å². The molecule has 1 heterocycles. The molecule has 0 spiro atoms. The molecule has 2 N–H and O–H groups in total. The van der Waals surface area contributed by atoms with Crippen LogP contribution in [0.15, 0.2) is 18.2 Å². The Morgan fingerprint density at radius 1 is 1.56 bits per heavy atom. The van der Waals surface area contributed by atoms with Gasteiger partial charge >= 0.3 is 0 Å². The smallest absolute Gasteiger partial charge is 0.262 e. The minimum absolute atomic E-state index is 0.0917. The van der Waals surface area contributed by atoms with Crippen LogP contribution in [0.5, 0.6) is 5.75 Å². The molecule has 1 amide bonds. The van der Waals surface area contributed by atoms with Crippen LogP contribution in [0.2, 0.25) is 0 Å². The molecule has 1 unspecified atom stereocenters. The molecule has 1 atom stereocenters. The molecule has 1 aliphatic rings. The highest BCUT2D eigenvalue weighted by atomic mass is 16.5. The monoisotopic (exact) mass is 220 g/mol. The number of hydrogen-bond donors (Lipinski definition) is 2. The summed E-state index contributed by atoms with van der Waals surface area (Å²) in [4.78, 5) is 11.2. The summed E-state index contributed by atoms with van der Waals surface area (Å²) < 4.78 is 5.30. The fourth-order valence-corrected chi connectivity index (χ4v) is 1.83. The summed E-state index contributed by atoms with van der Waals surface area (Å²) in [5, 5.41) is 5.95. The molecule has 2 rings (SSSR count). The minimum Gasteiger partial charge on any atom is -0.482 e. The van der Waals surface area contributed by atoms with Crippen LogP contribution < -0.4 is 15.4 Å². The Morgan fingerprint density at radius 2 is 2.38 bits per heavy atom. The van der Waals surface area contributed by atoms with Crippen molar-refractivity contribution in [1.82, 2.24) is 5.32 Å². The molecule has 4 heteroatoms. The lowest BCUT2D eigenvalue weighted by molar-refractivity contribution is -0.118. The van der Waals surface area contributed by atoms with Gasteiger partial charge in [-0.15, -0.1) is 0 Å². The molecule has 1 aliphatic heterocycles. The van der Waals surface area contributed by atoms with E-state index in [0.29, 0.717) is 5.92 Å². The second-order valence-corrected chi connectivity index (χ2v) is 4.05. The second kappa shape index (κ2) is 4.53. The van der Waals surface area contributed by atoms with E-state index in [4.69, 9.17) is 4.74 Å². The molecule has 0 saturated carbocycles. The van der Waals surface area contributed by atoms with Gasteiger partial charge < -0.3 is 15.4 Å². The fraction of sp³-hybridized carbons (Fsp3) is 0.417. The van der Waals surface area contributed by atoms with E-state index >= 15 is 0 Å². The molecule has 4 nitrogen and oxygen atoms in total. The topological polar surface area (TPSA) is 50.4 Å². The predicted octanol–water partition coefficient (Wildman–Crippen LogP) is 1.34. The summed E-state index contributed by atoms with van der Waals surface area (Å²) in [6.07, 6.45) is 0. The number of likely N-dealkylation sites (N-methyl/N-ethyl adjacent to an activating group) is 1. The first kappa shape index (κ1) is 11.0.